The molecule has 1 N–H and O–H groups in total. The first-order valence-electron chi connectivity index (χ1n) is 10.9. The topological polar surface area (TPSA) is 66.5 Å². The zero-order chi connectivity index (χ0) is 24.4. The molecule has 0 bridgehead atoms. The van der Waals surface area contributed by atoms with Gasteiger partial charge in [-0.1, -0.05) is 29.8 Å². The number of sulfonamides is 1. The summed E-state index contributed by atoms with van der Waals surface area (Å²) < 4.78 is 65.7. The van der Waals surface area contributed by atoms with Crippen LogP contribution in [0.4, 0.5) is 13.2 Å². The van der Waals surface area contributed by atoms with E-state index in [1.807, 2.05) is 19.1 Å². The van der Waals surface area contributed by atoms with Gasteiger partial charge >= 0.3 is 6.18 Å². The second kappa shape index (κ2) is 9.85. The van der Waals surface area contributed by atoms with Crippen LogP contribution in [0, 0.1) is 26.7 Å². The van der Waals surface area contributed by atoms with Gasteiger partial charge in [0.25, 0.3) is 0 Å². The predicted molar refractivity (Wildman–Crippen MR) is 120 cm³/mol. The molecule has 2 aromatic rings. The van der Waals surface area contributed by atoms with Crippen molar-refractivity contribution in [2.45, 2.75) is 51.1 Å². The SMILES string of the molecule is Cc1cc(C)c(S(=O)(=O)N2CCC(C(=O)NCCc3ccc(C(F)(F)F)cc3)CC2)c(C)c1. The fourth-order valence-corrected chi connectivity index (χ4v) is 6.28. The number of hydrogen-bond acceptors (Lipinski definition) is 3. The number of benzene rings is 2. The maximum absolute atomic E-state index is 13.2. The highest BCUT2D eigenvalue weighted by Gasteiger charge is 2.33. The monoisotopic (exact) mass is 482 g/mol. The maximum Gasteiger partial charge on any atom is 0.416 e. The highest BCUT2D eigenvalue weighted by atomic mass is 32.2. The van der Waals surface area contributed by atoms with Crippen molar-refractivity contribution in [2.75, 3.05) is 19.6 Å². The van der Waals surface area contributed by atoms with Crippen molar-refractivity contribution in [2.24, 2.45) is 5.92 Å². The standard InChI is InChI=1S/C24H29F3N2O3S/c1-16-14-17(2)22(18(3)15-16)33(31,32)29-12-9-20(10-13-29)23(30)28-11-8-19-4-6-21(7-5-19)24(25,26)27/h4-7,14-15,20H,8-13H2,1-3H3,(H,28,30). The molecule has 0 spiro atoms. The van der Waals surface area contributed by atoms with Gasteiger partial charge < -0.3 is 5.32 Å². The van der Waals surface area contributed by atoms with Crippen LogP contribution in [-0.4, -0.2) is 38.3 Å². The molecule has 1 amide bonds. The molecule has 0 radical (unpaired) electrons. The molecule has 2 aromatic carbocycles. The van der Waals surface area contributed by atoms with Crippen molar-refractivity contribution in [3.05, 3.63) is 64.2 Å². The fourth-order valence-electron chi connectivity index (χ4n) is 4.40. The normalized spacial score (nSPS) is 16.1. The molecule has 1 fully saturated rings. The average molecular weight is 483 g/mol. The lowest BCUT2D eigenvalue weighted by Crippen LogP contribution is -2.43. The molecule has 1 aliphatic heterocycles. The molecule has 1 heterocycles. The van der Waals surface area contributed by atoms with E-state index in [-0.39, 0.29) is 24.9 Å². The summed E-state index contributed by atoms with van der Waals surface area (Å²) in [6.45, 7) is 6.37. The second-order valence-corrected chi connectivity index (χ2v) is 10.5. The van der Waals surface area contributed by atoms with Crippen LogP contribution in [0.1, 0.15) is 40.7 Å². The Kier molecular flexibility index (Phi) is 7.53. The number of alkyl halides is 3. The minimum Gasteiger partial charge on any atom is -0.356 e. The van der Waals surface area contributed by atoms with Gasteiger partial charge in [-0.2, -0.15) is 17.5 Å². The summed E-state index contributed by atoms with van der Waals surface area (Å²) in [7, 11) is -3.63. The first-order chi connectivity index (χ1) is 15.4. The molecule has 0 aromatic heterocycles. The van der Waals surface area contributed by atoms with Crippen LogP contribution in [0.2, 0.25) is 0 Å². The summed E-state index contributed by atoms with van der Waals surface area (Å²) in [5.41, 5.74) is 2.45. The molecule has 9 heteroatoms. The van der Waals surface area contributed by atoms with Gasteiger partial charge in [0.2, 0.25) is 15.9 Å². The van der Waals surface area contributed by atoms with E-state index in [1.165, 1.54) is 16.4 Å². The van der Waals surface area contributed by atoms with Crippen LogP contribution in [0.15, 0.2) is 41.3 Å². The van der Waals surface area contributed by atoms with Gasteiger partial charge in [-0.05, 0) is 68.9 Å². The van der Waals surface area contributed by atoms with Crippen LogP contribution in [0.25, 0.3) is 0 Å². The zero-order valence-corrected chi connectivity index (χ0v) is 19.8. The predicted octanol–water partition coefficient (Wildman–Crippen LogP) is 4.39. The number of piperidine rings is 1. The molecule has 0 aliphatic carbocycles. The molecule has 1 saturated heterocycles. The van der Waals surface area contributed by atoms with Crippen molar-refractivity contribution < 1.29 is 26.4 Å². The Bertz CT molecular complexity index is 1080. The Morgan fingerprint density at radius 3 is 2.09 bits per heavy atom. The Morgan fingerprint density at radius 1 is 1.03 bits per heavy atom. The number of rotatable bonds is 6. The Hall–Kier alpha value is -2.39. The maximum atomic E-state index is 13.2. The minimum atomic E-state index is -4.37. The fraction of sp³-hybridized carbons (Fsp3) is 0.458. The number of halogens is 3. The largest absolute Gasteiger partial charge is 0.416 e. The van der Waals surface area contributed by atoms with Gasteiger partial charge in [0.05, 0.1) is 10.5 Å². The van der Waals surface area contributed by atoms with Gasteiger partial charge in [0.1, 0.15) is 0 Å². The number of nitrogens with zero attached hydrogens (tertiary/aromatic N) is 1. The quantitative estimate of drug-likeness (QED) is 0.664. The second-order valence-electron chi connectivity index (χ2n) is 8.64. The molecular weight excluding hydrogens is 453 g/mol. The average Bonchev–Trinajstić information content (AvgIpc) is 2.72. The van der Waals surface area contributed by atoms with Crippen molar-refractivity contribution in [1.29, 1.82) is 0 Å². The van der Waals surface area contributed by atoms with E-state index >= 15 is 0 Å². The lowest BCUT2D eigenvalue weighted by Gasteiger charge is -2.31. The highest BCUT2D eigenvalue weighted by molar-refractivity contribution is 7.89. The van der Waals surface area contributed by atoms with Gasteiger partial charge in [-0.25, -0.2) is 8.42 Å². The summed E-state index contributed by atoms with van der Waals surface area (Å²) >= 11 is 0. The zero-order valence-electron chi connectivity index (χ0n) is 19.0. The number of carbonyl (C=O) groups excluding carboxylic acids is 1. The number of aryl methyl sites for hydroxylation is 3. The molecule has 33 heavy (non-hydrogen) atoms. The summed E-state index contributed by atoms with van der Waals surface area (Å²) in [6.07, 6.45) is -3.10. The van der Waals surface area contributed by atoms with Gasteiger partial charge in [-0.15, -0.1) is 0 Å². The van der Waals surface area contributed by atoms with E-state index in [4.69, 9.17) is 0 Å². The van der Waals surface area contributed by atoms with Gasteiger partial charge in [-0.3, -0.25) is 4.79 Å². The molecule has 0 saturated carbocycles. The van der Waals surface area contributed by atoms with Crippen LogP contribution in [0.5, 0.6) is 0 Å². The molecular formula is C24H29F3N2O3S. The third-order valence-corrected chi connectivity index (χ3v) is 8.23. The Labute approximate surface area is 193 Å². The first kappa shape index (κ1) is 25.2. The van der Waals surface area contributed by atoms with Crippen molar-refractivity contribution >= 4 is 15.9 Å². The number of amides is 1. The Balaban J connectivity index is 1.52. The van der Waals surface area contributed by atoms with E-state index in [2.05, 4.69) is 5.32 Å². The smallest absolute Gasteiger partial charge is 0.356 e. The van der Waals surface area contributed by atoms with Crippen molar-refractivity contribution in [1.82, 2.24) is 9.62 Å². The summed E-state index contributed by atoms with van der Waals surface area (Å²) in [5, 5.41) is 2.83. The van der Waals surface area contributed by atoms with Crippen LogP contribution in [-0.2, 0) is 27.4 Å². The van der Waals surface area contributed by atoms with E-state index in [0.29, 0.717) is 36.3 Å². The summed E-state index contributed by atoms with van der Waals surface area (Å²) in [6, 6.07) is 8.60. The minimum absolute atomic E-state index is 0.151. The number of hydrogen-bond donors (Lipinski definition) is 1. The van der Waals surface area contributed by atoms with E-state index < -0.39 is 21.8 Å². The van der Waals surface area contributed by atoms with Crippen molar-refractivity contribution in [3.8, 4) is 0 Å². The van der Waals surface area contributed by atoms with E-state index in [0.717, 1.165) is 28.8 Å². The highest BCUT2D eigenvalue weighted by Crippen LogP contribution is 2.30. The molecule has 0 unspecified atom stereocenters. The van der Waals surface area contributed by atoms with Crippen LogP contribution >= 0.6 is 0 Å². The van der Waals surface area contributed by atoms with E-state index in [9.17, 15) is 26.4 Å². The van der Waals surface area contributed by atoms with Crippen LogP contribution < -0.4 is 5.32 Å². The number of nitrogens with one attached hydrogen (secondary N) is 1. The lowest BCUT2D eigenvalue weighted by molar-refractivity contribution is -0.137. The molecule has 3 rings (SSSR count). The molecule has 0 atom stereocenters. The Morgan fingerprint density at radius 2 is 1.58 bits per heavy atom. The third kappa shape index (κ3) is 5.95. The van der Waals surface area contributed by atoms with E-state index in [1.54, 1.807) is 13.8 Å². The summed E-state index contributed by atoms with van der Waals surface area (Å²) in [4.78, 5) is 12.9. The van der Waals surface area contributed by atoms with Crippen molar-refractivity contribution in [3.63, 3.8) is 0 Å². The third-order valence-electron chi connectivity index (χ3n) is 6.02. The first-order valence-corrected chi connectivity index (χ1v) is 12.4. The molecule has 1 aliphatic rings. The summed E-state index contributed by atoms with van der Waals surface area (Å²) in [5.74, 6) is -0.439. The van der Waals surface area contributed by atoms with Crippen LogP contribution in [0.3, 0.4) is 0 Å². The number of carbonyl (C=O) groups is 1. The van der Waals surface area contributed by atoms with Gasteiger partial charge in [0.15, 0.2) is 0 Å². The molecule has 5 nitrogen and oxygen atoms in total. The lowest BCUT2D eigenvalue weighted by atomic mass is 9.97. The molecule has 180 valence electrons. The van der Waals surface area contributed by atoms with Gasteiger partial charge in [0, 0.05) is 25.6 Å².